The highest BCUT2D eigenvalue weighted by Gasteiger charge is 2.22. The molecule has 0 unspecified atom stereocenters. The molecule has 0 radical (unpaired) electrons. The molecular weight excluding hydrogens is 450 g/mol. The number of rotatable bonds is 7. The number of sulfone groups is 1. The van der Waals surface area contributed by atoms with Gasteiger partial charge in [0.05, 0.1) is 33.9 Å². The number of esters is 1. The Bertz CT molecular complexity index is 1340. The summed E-state index contributed by atoms with van der Waals surface area (Å²) in [6.45, 7) is 3.68. The summed E-state index contributed by atoms with van der Waals surface area (Å²) in [7, 11) is -6.59. The molecule has 3 rings (SSSR count). The highest BCUT2D eigenvalue weighted by atomic mass is 32.2. The predicted molar refractivity (Wildman–Crippen MR) is 122 cm³/mol. The van der Waals surface area contributed by atoms with Crippen LogP contribution in [0.3, 0.4) is 0 Å². The molecule has 0 saturated heterocycles. The van der Waals surface area contributed by atoms with Gasteiger partial charge in [-0.15, -0.1) is 0 Å². The number of benzene rings is 3. The van der Waals surface area contributed by atoms with Crippen LogP contribution in [0.1, 0.15) is 27.0 Å². The standard InChI is InChI=1S/C23H23NO6S2/c1-16-4-9-20(10-5-16)31(26,27)15-19-14-18(23(25)30-3)8-13-22(19)24-32(28,29)21-11-6-17(2)7-12-21/h4-14,24H,15H2,1-3H3. The molecule has 0 atom stereocenters. The van der Waals surface area contributed by atoms with Gasteiger partial charge in [0.1, 0.15) is 0 Å². The first kappa shape index (κ1) is 23.5. The van der Waals surface area contributed by atoms with E-state index in [1.807, 2.05) is 13.8 Å². The van der Waals surface area contributed by atoms with Gasteiger partial charge in [0.15, 0.2) is 9.84 Å². The largest absolute Gasteiger partial charge is 0.465 e. The monoisotopic (exact) mass is 473 g/mol. The van der Waals surface area contributed by atoms with E-state index in [9.17, 15) is 21.6 Å². The van der Waals surface area contributed by atoms with Crippen molar-refractivity contribution in [1.82, 2.24) is 0 Å². The summed E-state index contributed by atoms with van der Waals surface area (Å²) in [5, 5.41) is 0. The van der Waals surface area contributed by atoms with Gasteiger partial charge in [0, 0.05) is 0 Å². The van der Waals surface area contributed by atoms with Gasteiger partial charge >= 0.3 is 5.97 Å². The molecule has 0 saturated carbocycles. The molecule has 9 heteroatoms. The van der Waals surface area contributed by atoms with Crippen LogP contribution < -0.4 is 4.72 Å². The second kappa shape index (κ2) is 9.13. The van der Waals surface area contributed by atoms with Crippen molar-refractivity contribution in [2.24, 2.45) is 0 Å². The van der Waals surface area contributed by atoms with E-state index < -0.39 is 31.6 Å². The van der Waals surface area contributed by atoms with E-state index in [1.165, 1.54) is 49.6 Å². The van der Waals surface area contributed by atoms with Crippen LogP contribution >= 0.6 is 0 Å². The lowest BCUT2D eigenvalue weighted by Gasteiger charge is -2.15. The first-order valence-electron chi connectivity index (χ1n) is 9.62. The number of methoxy groups -OCH3 is 1. The molecule has 0 fully saturated rings. The number of carbonyl (C=O) groups is 1. The zero-order valence-corrected chi connectivity index (χ0v) is 19.5. The summed E-state index contributed by atoms with van der Waals surface area (Å²) < 4.78 is 58.9. The van der Waals surface area contributed by atoms with Crippen molar-refractivity contribution in [3.8, 4) is 0 Å². The Balaban J connectivity index is 2.03. The Morgan fingerprint density at radius 1 is 0.812 bits per heavy atom. The predicted octanol–water partition coefficient (Wildman–Crippen LogP) is 3.86. The fourth-order valence-corrected chi connectivity index (χ4v) is 5.48. The lowest BCUT2D eigenvalue weighted by molar-refractivity contribution is 0.0600. The van der Waals surface area contributed by atoms with Crippen molar-refractivity contribution >= 4 is 31.5 Å². The van der Waals surface area contributed by atoms with Gasteiger partial charge in [-0.3, -0.25) is 4.72 Å². The summed E-state index contributed by atoms with van der Waals surface area (Å²) in [6, 6.07) is 16.7. The summed E-state index contributed by atoms with van der Waals surface area (Å²) in [4.78, 5) is 12.1. The molecule has 0 aromatic heterocycles. The maximum absolute atomic E-state index is 13.0. The van der Waals surface area contributed by atoms with Gasteiger partial charge < -0.3 is 4.74 Å². The van der Waals surface area contributed by atoms with E-state index >= 15 is 0 Å². The van der Waals surface area contributed by atoms with Crippen LogP contribution in [0, 0.1) is 13.8 Å². The molecule has 0 spiro atoms. The molecule has 32 heavy (non-hydrogen) atoms. The maximum Gasteiger partial charge on any atom is 0.337 e. The number of ether oxygens (including phenoxy) is 1. The van der Waals surface area contributed by atoms with Crippen LogP contribution in [0.15, 0.2) is 76.5 Å². The average Bonchev–Trinajstić information content (AvgIpc) is 2.74. The van der Waals surface area contributed by atoms with E-state index in [0.717, 1.165) is 11.1 Å². The van der Waals surface area contributed by atoms with Gasteiger partial charge in [-0.2, -0.15) is 0 Å². The second-order valence-corrected chi connectivity index (χ2v) is 11.0. The molecule has 0 aliphatic carbocycles. The summed E-state index contributed by atoms with van der Waals surface area (Å²) in [6.07, 6.45) is 0. The number of carbonyl (C=O) groups excluding carboxylic acids is 1. The molecule has 0 aliphatic heterocycles. The van der Waals surface area contributed by atoms with Crippen molar-refractivity contribution in [2.75, 3.05) is 11.8 Å². The van der Waals surface area contributed by atoms with Crippen molar-refractivity contribution in [3.63, 3.8) is 0 Å². The van der Waals surface area contributed by atoms with E-state index in [4.69, 9.17) is 4.74 Å². The molecule has 3 aromatic carbocycles. The molecule has 168 valence electrons. The van der Waals surface area contributed by atoms with Gasteiger partial charge in [-0.05, 0) is 61.9 Å². The minimum Gasteiger partial charge on any atom is -0.465 e. The van der Waals surface area contributed by atoms with Gasteiger partial charge in [-0.1, -0.05) is 35.4 Å². The van der Waals surface area contributed by atoms with Crippen molar-refractivity contribution in [1.29, 1.82) is 0 Å². The van der Waals surface area contributed by atoms with Crippen molar-refractivity contribution in [2.45, 2.75) is 29.4 Å². The Hall–Kier alpha value is -3.17. The molecule has 0 bridgehead atoms. The fourth-order valence-electron chi connectivity index (χ4n) is 3.01. The minimum absolute atomic E-state index is 0.0347. The van der Waals surface area contributed by atoms with Gasteiger partial charge in [0.25, 0.3) is 10.0 Å². The highest BCUT2D eigenvalue weighted by molar-refractivity contribution is 7.92. The highest BCUT2D eigenvalue weighted by Crippen LogP contribution is 2.26. The summed E-state index contributed by atoms with van der Waals surface area (Å²) >= 11 is 0. The van der Waals surface area contributed by atoms with Gasteiger partial charge in [-0.25, -0.2) is 21.6 Å². The Morgan fingerprint density at radius 2 is 1.34 bits per heavy atom. The van der Waals surface area contributed by atoms with E-state index in [0.29, 0.717) is 0 Å². The number of hydrogen-bond acceptors (Lipinski definition) is 6. The molecule has 0 aliphatic rings. The zero-order chi connectivity index (χ0) is 23.5. The van der Waals surface area contributed by atoms with Crippen LogP contribution in [0.25, 0.3) is 0 Å². The summed E-state index contributed by atoms with van der Waals surface area (Å²) in [5.41, 5.74) is 2.11. The third-order valence-electron chi connectivity index (χ3n) is 4.83. The number of aryl methyl sites for hydroxylation is 2. The van der Waals surface area contributed by atoms with Crippen molar-refractivity contribution < 1.29 is 26.4 Å². The molecule has 0 amide bonds. The number of anilines is 1. The zero-order valence-electron chi connectivity index (χ0n) is 17.8. The molecule has 7 nitrogen and oxygen atoms in total. The third kappa shape index (κ3) is 5.35. The van der Waals surface area contributed by atoms with Crippen LogP contribution in [-0.4, -0.2) is 29.9 Å². The lowest BCUT2D eigenvalue weighted by atomic mass is 10.1. The first-order chi connectivity index (χ1) is 15.0. The van der Waals surface area contributed by atoms with Crippen LogP contribution in [0.4, 0.5) is 5.69 Å². The first-order valence-corrected chi connectivity index (χ1v) is 12.8. The van der Waals surface area contributed by atoms with E-state index in [-0.39, 0.29) is 26.6 Å². The van der Waals surface area contributed by atoms with E-state index in [1.54, 1.807) is 24.3 Å². The topological polar surface area (TPSA) is 107 Å². The number of hydrogen-bond donors (Lipinski definition) is 1. The molecule has 0 heterocycles. The van der Waals surface area contributed by atoms with Crippen LogP contribution in [0.2, 0.25) is 0 Å². The number of sulfonamides is 1. The van der Waals surface area contributed by atoms with Crippen LogP contribution in [-0.2, 0) is 30.4 Å². The second-order valence-electron chi connectivity index (χ2n) is 7.35. The minimum atomic E-state index is -3.98. The Morgan fingerprint density at radius 3 is 1.88 bits per heavy atom. The lowest BCUT2D eigenvalue weighted by Crippen LogP contribution is -2.16. The Labute approximate surface area is 188 Å². The third-order valence-corrected chi connectivity index (χ3v) is 7.89. The van der Waals surface area contributed by atoms with Gasteiger partial charge in [0.2, 0.25) is 0 Å². The molecule has 3 aromatic rings. The fraction of sp³-hybridized carbons (Fsp3) is 0.174. The summed E-state index contributed by atoms with van der Waals surface area (Å²) in [5.74, 6) is -1.17. The number of nitrogens with one attached hydrogen (secondary N) is 1. The van der Waals surface area contributed by atoms with E-state index in [2.05, 4.69) is 4.72 Å². The Kier molecular flexibility index (Phi) is 6.71. The smallest absolute Gasteiger partial charge is 0.337 e. The maximum atomic E-state index is 13.0. The average molecular weight is 474 g/mol. The SMILES string of the molecule is COC(=O)c1ccc(NS(=O)(=O)c2ccc(C)cc2)c(CS(=O)(=O)c2ccc(C)cc2)c1. The van der Waals surface area contributed by atoms with Crippen LogP contribution in [0.5, 0.6) is 0 Å². The quantitative estimate of drug-likeness (QED) is 0.522. The molecule has 1 N–H and O–H groups in total. The molecular formula is C23H23NO6S2. The van der Waals surface area contributed by atoms with Crippen molar-refractivity contribution in [3.05, 3.63) is 89.0 Å². The normalized spacial score (nSPS) is 11.7.